The molecule has 0 spiro atoms. The van der Waals surface area contributed by atoms with Crippen LogP contribution in [0.3, 0.4) is 0 Å². The summed E-state index contributed by atoms with van der Waals surface area (Å²) in [6, 6.07) is 0. The van der Waals surface area contributed by atoms with Gasteiger partial charge in [0.25, 0.3) is 0 Å². The zero-order valence-corrected chi connectivity index (χ0v) is 15.5. The molecule has 0 saturated heterocycles. The third-order valence-corrected chi connectivity index (χ3v) is 5.35. The lowest BCUT2D eigenvalue weighted by molar-refractivity contribution is -0.139. The maximum absolute atomic E-state index is 12.3. The number of hydrogen-bond donors (Lipinski definition) is 0. The average molecular weight is 302 g/mol. The summed E-state index contributed by atoms with van der Waals surface area (Å²) in [5.74, 6) is -0.354. The van der Waals surface area contributed by atoms with Gasteiger partial charge in [-0.1, -0.05) is 25.7 Å². The van der Waals surface area contributed by atoms with Crippen molar-refractivity contribution < 1.29 is 14.0 Å². The molecule has 0 saturated carbocycles. The lowest BCUT2D eigenvalue weighted by Crippen LogP contribution is -2.53. The van der Waals surface area contributed by atoms with Crippen LogP contribution in [-0.2, 0) is 14.0 Å². The molecule has 0 rings (SSSR count). The molecule has 110 valence electrons. The van der Waals surface area contributed by atoms with Crippen LogP contribution in [0.5, 0.6) is 0 Å². The van der Waals surface area contributed by atoms with Gasteiger partial charge in [0.1, 0.15) is 6.54 Å². The first kappa shape index (κ1) is 18.1. The molecule has 0 aliphatic rings. The Bertz CT molecular complexity index is 378. The Labute approximate surface area is 119 Å². The standard InChI is InChI=1S/C13H27NO3Si2/c1-9-11(2)13(16)14(18(3,4)5)10-12(15)17-19(6,7)8/h9H,10H2,1-8H3/b11-9+. The number of rotatable bonds is 5. The molecule has 0 unspecified atom stereocenters. The fraction of sp³-hybridized carbons (Fsp3) is 0.692. The molecule has 0 aliphatic carbocycles. The Morgan fingerprint density at radius 1 is 1.11 bits per heavy atom. The Morgan fingerprint density at radius 3 is 1.89 bits per heavy atom. The van der Waals surface area contributed by atoms with Crippen LogP contribution in [0.4, 0.5) is 0 Å². The quantitative estimate of drug-likeness (QED) is 0.579. The van der Waals surface area contributed by atoms with Crippen molar-refractivity contribution in [2.45, 2.75) is 53.1 Å². The summed E-state index contributed by atoms with van der Waals surface area (Å²) in [5, 5.41) is 0. The van der Waals surface area contributed by atoms with Crippen molar-refractivity contribution in [3.63, 3.8) is 0 Å². The van der Waals surface area contributed by atoms with Crippen LogP contribution < -0.4 is 0 Å². The van der Waals surface area contributed by atoms with E-state index in [0.29, 0.717) is 5.57 Å². The summed E-state index contributed by atoms with van der Waals surface area (Å²) in [4.78, 5) is 24.3. The number of amides is 1. The number of carbonyl (C=O) groups is 2. The molecule has 0 bridgehead atoms. The third-order valence-electron chi connectivity index (χ3n) is 2.53. The van der Waals surface area contributed by atoms with Crippen LogP contribution in [0.2, 0.25) is 39.3 Å². The molecule has 0 N–H and O–H groups in total. The first-order valence-corrected chi connectivity index (χ1v) is 13.4. The van der Waals surface area contributed by atoms with E-state index in [-0.39, 0.29) is 18.4 Å². The van der Waals surface area contributed by atoms with Crippen LogP contribution in [0.15, 0.2) is 11.6 Å². The van der Waals surface area contributed by atoms with Gasteiger partial charge in [-0.25, -0.2) is 0 Å². The van der Waals surface area contributed by atoms with Gasteiger partial charge in [-0.3, -0.25) is 9.59 Å². The van der Waals surface area contributed by atoms with Gasteiger partial charge in [0, 0.05) is 5.57 Å². The highest BCUT2D eigenvalue weighted by Gasteiger charge is 2.32. The highest BCUT2D eigenvalue weighted by atomic mass is 28.4. The van der Waals surface area contributed by atoms with E-state index in [1.807, 2.05) is 26.6 Å². The van der Waals surface area contributed by atoms with Crippen molar-refractivity contribution in [3.05, 3.63) is 11.6 Å². The van der Waals surface area contributed by atoms with Crippen molar-refractivity contribution in [1.29, 1.82) is 0 Å². The van der Waals surface area contributed by atoms with Crippen LogP contribution in [-0.4, -0.2) is 39.5 Å². The van der Waals surface area contributed by atoms with E-state index in [2.05, 4.69) is 19.6 Å². The van der Waals surface area contributed by atoms with Crippen LogP contribution in [0, 0.1) is 0 Å². The van der Waals surface area contributed by atoms with E-state index < -0.39 is 16.6 Å². The lowest BCUT2D eigenvalue weighted by atomic mass is 10.3. The van der Waals surface area contributed by atoms with Gasteiger partial charge in [-0.2, -0.15) is 0 Å². The van der Waals surface area contributed by atoms with Crippen molar-refractivity contribution in [2.24, 2.45) is 0 Å². The van der Waals surface area contributed by atoms with Crippen molar-refractivity contribution >= 4 is 28.4 Å². The van der Waals surface area contributed by atoms with Gasteiger partial charge < -0.3 is 8.99 Å². The van der Waals surface area contributed by atoms with Gasteiger partial charge in [0.15, 0.2) is 8.24 Å². The summed E-state index contributed by atoms with van der Waals surface area (Å²) >= 11 is 0. The van der Waals surface area contributed by atoms with Crippen molar-refractivity contribution in [3.8, 4) is 0 Å². The lowest BCUT2D eigenvalue weighted by Gasteiger charge is -2.34. The van der Waals surface area contributed by atoms with E-state index in [1.54, 1.807) is 17.6 Å². The van der Waals surface area contributed by atoms with E-state index in [9.17, 15) is 9.59 Å². The molecule has 0 fully saturated rings. The molecular weight excluding hydrogens is 274 g/mol. The minimum Gasteiger partial charge on any atom is -0.519 e. The fourth-order valence-corrected chi connectivity index (χ4v) is 3.59. The molecule has 19 heavy (non-hydrogen) atoms. The van der Waals surface area contributed by atoms with Crippen molar-refractivity contribution in [2.75, 3.05) is 6.54 Å². The first-order valence-electron chi connectivity index (χ1n) is 6.55. The average Bonchev–Trinajstić information content (AvgIpc) is 2.19. The predicted molar refractivity (Wildman–Crippen MR) is 83.9 cm³/mol. The summed E-state index contributed by atoms with van der Waals surface area (Å²) in [6.45, 7) is 15.7. The third kappa shape index (κ3) is 6.72. The normalized spacial score (nSPS) is 13.2. The van der Waals surface area contributed by atoms with Gasteiger partial charge >= 0.3 is 5.97 Å². The second-order valence-electron chi connectivity index (χ2n) is 6.62. The molecule has 4 nitrogen and oxygen atoms in total. The van der Waals surface area contributed by atoms with E-state index >= 15 is 0 Å². The summed E-state index contributed by atoms with van der Waals surface area (Å²) < 4.78 is 7.13. The Morgan fingerprint density at radius 2 is 1.58 bits per heavy atom. The van der Waals surface area contributed by atoms with Gasteiger partial charge in [-0.05, 0) is 33.5 Å². The van der Waals surface area contributed by atoms with Crippen molar-refractivity contribution in [1.82, 2.24) is 4.57 Å². The maximum atomic E-state index is 12.3. The molecule has 0 aromatic rings. The highest BCUT2D eigenvalue weighted by molar-refractivity contribution is 6.76. The Hall–Kier alpha value is -0.886. The minimum absolute atomic E-state index is 0.0595. The second kappa shape index (κ2) is 6.52. The van der Waals surface area contributed by atoms with Gasteiger partial charge in [0.2, 0.25) is 14.2 Å². The predicted octanol–water partition coefficient (Wildman–Crippen LogP) is 2.99. The molecule has 1 amide bonds. The molecule has 0 atom stereocenters. The van der Waals surface area contributed by atoms with E-state index in [4.69, 9.17) is 4.43 Å². The van der Waals surface area contributed by atoms with Gasteiger partial charge in [0.05, 0.1) is 0 Å². The fourth-order valence-electron chi connectivity index (χ4n) is 1.45. The van der Waals surface area contributed by atoms with E-state index in [0.717, 1.165) is 0 Å². The SMILES string of the molecule is C/C=C(\C)C(=O)N(CC(=O)O[Si](C)(C)C)[Si](C)(C)C. The monoisotopic (exact) mass is 301 g/mol. The zero-order valence-electron chi connectivity index (χ0n) is 13.5. The molecule has 0 radical (unpaired) electrons. The van der Waals surface area contributed by atoms with Gasteiger partial charge in [-0.15, -0.1) is 0 Å². The number of hydrogen-bond acceptors (Lipinski definition) is 3. The molecule has 0 aliphatic heterocycles. The number of nitrogens with zero attached hydrogens (tertiary/aromatic N) is 1. The second-order valence-corrected chi connectivity index (χ2v) is 15.9. The molecule has 6 heteroatoms. The number of allylic oxidation sites excluding steroid dienone is 1. The maximum Gasteiger partial charge on any atom is 0.311 e. The smallest absolute Gasteiger partial charge is 0.311 e. The van der Waals surface area contributed by atoms with E-state index in [1.165, 1.54) is 0 Å². The largest absolute Gasteiger partial charge is 0.519 e. The summed E-state index contributed by atoms with van der Waals surface area (Å²) in [7, 11) is -3.81. The highest BCUT2D eigenvalue weighted by Crippen LogP contribution is 2.14. The summed E-state index contributed by atoms with van der Waals surface area (Å²) in [6.07, 6.45) is 1.78. The van der Waals surface area contributed by atoms with Crippen LogP contribution >= 0.6 is 0 Å². The molecule has 0 aromatic heterocycles. The molecule has 0 heterocycles. The molecular formula is C13H27NO3Si2. The zero-order chi connectivity index (χ0) is 15.4. The minimum atomic E-state index is -1.91. The molecule has 0 aromatic carbocycles. The first-order chi connectivity index (χ1) is 8.38. The Balaban J connectivity index is 5.02. The Kier molecular flexibility index (Phi) is 6.21. The van der Waals surface area contributed by atoms with Crippen LogP contribution in [0.1, 0.15) is 13.8 Å². The van der Waals surface area contributed by atoms with Crippen LogP contribution in [0.25, 0.3) is 0 Å². The topological polar surface area (TPSA) is 46.6 Å². The summed E-state index contributed by atoms with van der Waals surface area (Å²) in [5.41, 5.74) is 0.670. The number of carbonyl (C=O) groups excluding carboxylic acids is 2.